The van der Waals surface area contributed by atoms with Crippen molar-refractivity contribution in [3.63, 3.8) is 0 Å². The van der Waals surface area contributed by atoms with E-state index < -0.39 is 5.97 Å². The smallest absolute Gasteiger partial charge is 0.349 e. The largest absolute Gasteiger partial charge is 0.465 e. The first-order chi connectivity index (χ1) is 11.1. The fourth-order valence-electron chi connectivity index (χ4n) is 2.63. The maximum absolute atomic E-state index is 12.1. The number of nitrogens with zero attached hydrogens (tertiary/aromatic N) is 2. The van der Waals surface area contributed by atoms with Crippen molar-refractivity contribution >= 4 is 18.0 Å². The lowest BCUT2D eigenvalue weighted by Crippen LogP contribution is -2.40. The molecule has 23 heavy (non-hydrogen) atoms. The van der Waals surface area contributed by atoms with Crippen LogP contribution < -0.4 is 0 Å². The van der Waals surface area contributed by atoms with E-state index in [0.29, 0.717) is 5.76 Å². The molecule has 1 saturated carbocycles. The summed E-state index contributed by atoms with van der Waals surface area (Å²) in [6.07, 6.45) is 8.14. The molecule has 1 amide bonds. The molecule has 0 aliphatic heterocycles. The molecule has 0 saturated heterocycles. The summed E-state index contributed by atoms with van der Waals surface area (Å²) in [6, 6.07) is 5.24. The molecular formula is C17H20N2O4. The van der Waals surface area contributed by atoms with Crippen molar-refractivity contribution in [2.75, 3.05) is 13.7 Å². The molecule has 122 valence electrons. The molecule has 0 unspecified atom stereocenters. The number of furan rings is 1. The van der Waals surface area contributed by atoms with Crippen LogP contribution in [0.25, 0.3) is 6.08 Å². The lowest BCUT2D eigenvalue weighted by Gasteiger charge is -2.31. The van der Waals surface area contributed by atoms with Gasteiger partial charge in [-0.1, -0.05) is 19.3 Å². The molecule has 0 aromatic carbocycles. The van der Waals surface area contributed by atoms with Gasteiger partial charge < -0.3 is 14.1 Å². The van der Waals surface area contributed by atoms with Crippen molar-refractivity contribution in [1.82, 2.24) is 4.90 Å². The second-order valence-electron chi connectivity index (χ2n) is 5.56. The molecule has 2 rings (SSSR count). The molecule has 1 fully saturated rings. The van der Waals surface area contributed by atoms with Crippen LogP contribution in [0.15, 0.2) is 28.4 Å². The molecule has 0 radical (unpaired) electrons. The average molecular weight is 316 g/mol. The van der Waals surface area contributed by atoms with Crippen LogP contribution in [0, 0.1) is 11.3 Å². The summed E-state index contributed by atoms with van der Waals surface area (Å²) in [4.78, 5) is 25.6. The van der Waals surface area contributed by atoms with Crippen LogP contribution in [0.1, 0.15) is 37.9 Å². The Bertz CT molecular complexity index is 607. The molecule has 0 bridgehead atoms. The molecule has 6 heteroatoms. The first-order valence-corrected chi connectivity index (χ1v) is 7.70. The number of esters is 1. The molecule has 0 atom stereocenters. The standard InChI is InChI=1S/C17H20N2O4/c1-19(14-6-3-2-4-7-14)16(20)12-23-17(21)13(11-18)10-15-8-5-9-22-15/h5,8-10,14H,2-4,6-7,12H2,1H3/b13-10+. The van der Waals surface area contributed by atoms with E-state index in [1.807, 2.05) is 0 Å². The molecule has 1 aliphatic carbocycles. The lowest BCUT2D eigenvalue weighted by molar-refractivity contribution is -0.149. The highest BCUT2D eigenvalue weighted by molar-refractivity contribution is 5.98. The lowest BCUT2D eigenvalue weighted by atomic mass is 9.94. The molecule has 0 N–H and O–H groups in total. The molecule has 1 aliphatic rings. The summed E-state index contributed by atoms with van der Waals surface area (Å²) >= 11 is 0. The SMILES string of the molecule is CN(C(=O)COC(=O)/C(C#N)=C/c1ccco1)C1CCCCC1. The quantitative estimate of drug-likeness (QED) is 0.473. The van der Waals surface area contributed by atoms with E-state index in [1.165, 1.54) is 18.8 Å². The van der Waals surface area contributed by atoms with Crippen molar-refractivity contribution in [2.24, 2.45) is 0 Å². The van der Waals surface area contributed by atoms with Crippen LogP contribution in [0.3, 0.4) is 0 Å². The van der Waals surface area contributed by atoms with Crippen LogP contribution in [0.5, 0.6) is 0 Å². The van der Waals surface area contributed by atoms with E-state index in [1.54, 1.807) is 30.1 Å². The maximum Gasteiger partial charge on any atom is 0.349 e. The van der Waals surface area contributed by atoms with Gasteiger partial charge in [-0.15, -0.1) is 0 Å². The number of carbonyl (C=O) groups excluding carboxylic acids is 2. The number of nitriles is 1. The molecular weight excluding hydrogens is 296 g/mol. The summed E-state index contributed by atoms with van der Waals surface area (Å²) in [5.74, 6) is -0.695. The number of hydrogen-bond donors (Lipinski definition) is 0. The highest BCUT2D eigenvalue weighted by Crippen LogP contribution is 2.21. The normalized spacial score (nSPS) is 15.7. The van der Waals surface area contributed by atoms with Gasteiger partial charge in [-0.3, -0.25) is 4.79 Å². The Hall–Kier alpha value is -2.55. The van der Waals surface area contributed by atoms with E-state index in [0.717, 1.165) is 25.7 Å². The number of rotatable bonds is 5. The van der Waals surface area contributed by atoms with E-state index in [9.17, 15) is 9.59 Å². The zero-order chi connectivity index (χ0) is 16.7. The minimum Gasteiger partial charge on any atom is -0.465 e. The van der Waals surface area contributed by atoms with Crippen LogP contribution >= 0.6 is 0 Å². The van der Waals surface area contributed by atoms with Crippen molar-refractivity contribution in [1.29, 1.82) is 5.26 Å². The van der Waals surface area contributed by atoms with Gasteiger partial charge in [0.2, 0.25) is 0 Å². The van der Waals surface area contributed by atoms with Gasteiger partial charge in [-0.2, -0.15) is 5.26 Å². The number of likely N-dealkylation sites (N-methyl/N-ethyl adjacent to an activating group) is 1. The fraction of sp³-hybridized carbons (Fsp3) is 0.471. The number of amides is 1. The third-order valence-corrected chi connectivity index (χ3v) is 4.01. The Labute approximate surface area is 135 Å². The van der Waals surface area contributed by atoms with Gasteiger partial charge >= 0.3 is 5.97 Å². The maximum atomic E-state index is 12.1. The zero-order valence-corrected chi connectivity index (χ0v) is 13.2. The van der Waals surface area contributed by atoms with Crippen molar-refractivity contribution in [3.05, 3.63) is 29.7 Å². The van der Waals surface area contributed by atoms with Gasteiger partial charge in [0.25, 0.3) is 5.91 Å². The number of ether oxygens (including phenoxy) is 1. The third kappa shape index (κ3) is 4.71. The molecule has 0 spiro atoms. The van der Waals surface area contributed by atoms with Crippen molar-refractivity contribution in [3.8, 4) is 6.07 Å². The van der Waals surface area contributed by atoms with E-state index in [4.69, 9.17) is 14.4 Å². The molecule has 1 aromatic rings. The van der Waals surface area contributed by atoms with Crippen molar-refractivity contribution < 1.29 is 18.7 Å². The Balaban J connectivity index is 1.87. The minimum absolute atomic E-state index is 0.201. The van der Waals surface area contributed by atoms with Crippen LogP contribution in [0.4, 0.5) is 0 Å². The summed E-state index contributed by atoms with van der Waals surface area (Å²) in [6.45, 7) is -0.358. The Morgan fingerprint density at radius 3 is 2.78 bits per heavy atom. The molecule has 1 aromatic heterocycles. The van der Waals surface area contributed by atoms with E-state index in [2.05, 4.69) is 0 Å². The topological polar surface area (TPSA) is 83.5 Å². The van der Waals surface area contributed by atoms with Gasteiger partial charge in [-0.05, 0) is 25.0 Å². The predicted octanol–water partition coefficient (Wildman–Crippen LogP) is 2.52. The van der Waals surface area contributed by atoms with Gasteiger partial charge in [-0.25, -0.2) is 4.79 Å². The van der Waals surface area contributed by atoms with Gasteiger partial charge in [0.05, 0.1) is 6.26 Å². The van der Waals surface area contributed by atoms with Crippen LogP contribution in [-0.2, 0) is 14.3 Å². The Morgan fingerprint density at radius 2 is 2.17 bits per heavy atom. The summed E-state index contributed by atoms with van der Waals surface area (Å²) in [5, 5.41) is 9.02. The van der Waals surface area contributed by atoms with Crippen LogP contribution in [0.2, 0.25) is 0 Å². The second kappa shape index (κ2) is 8.18. The average Bonchev–Trinajstić information content (AvgIpc) is 3.10. The number of hydrogen-bond acceptors (Lipinski definition) is 5. The third-order valence-electron chi connectivity index (χ3n) is 4.01. The highest BCUT2D eigenvalue weighted by atomic mass is 16.5. The summed E-state index contributed by atoms with van der Waals surface area (Å²) in [5.41, 5.74) is -0.201. The second-order valence-corrected chi connectivity index (χ2v) is 5.56. The van der Waals surface area contributed by atoms with Crippen molar-refractivity contribution in [2.45, 2.75) is 38.1 Å². The van der Waals surface area contributed by atoms with Crippen LogP contribution in [-0.4, -0.2) is 36.5 Å². The first-order valence-electron chi connectivity index (χ1n) is 7.70. The van der Waals surface area contributed by atoms with E-state index >= 15 is 0 Å². The molecule has 6 nitrogen and oxygen atoms in total. The number of carbonyl (C=O) groups is 2. The highest BCUT2D eigenvalue weighted by Gasteiger charge is 2.23. The van der Waals surface area contributed by atoms with Gasteiger partial charge in [0.15, 0.2) is 6.61 Å². The Morgan fingerprint density at radius 1 is 1.43 bits per heavy atom. The fourth-order valence-corrected chi connectivity index (χ4v) is 2.63. The zero-order valence-electron chi connectivity index (χ0n) is 13.2. The monoisotopic (exact) mass is 316 g/mol. The molecule has 1 heterocycles. The van der Waals surface area contributed by atoms with Gasteiger partial charge in [0.1, 0.15) is 17.4 Å². The summed E-state index contributed by atoms with van der Waals surface area (Å²) in [7, 11) is 1.73. The first kappa shape index (κ1) is 16.8. The summed E-state index contributed by atoms with van der Waals surface area (Å²) < 4.78 is 10.0. The predicted molar refractivity (Wildman–Crippen MR) is 82.9 cm³/mol. The van der Waals surface area contributed by atoms with Gasteiger partial charge in [0, 0.05) is 19.2 Å². The van der Waals surface area contributed by atoms with E-state index in [-0.39, 0.29) is 24.1 Å². The Kier molecular flexibility index (Phi) is 5.98. The minimum atomic E-state index is -0.825.